The first-order valence-electron chi connectivity index (χ1n) is 7.90. The van der Waals surface area contributed by atoms with Gasteiger partial charge in [0.2, 0.25) is 0 Å². The molecule has 0 heterocycles. The summed E-state index contributed by atoms with van der Waals surface area (Å²) in [5, 5.41) is 10.9. The smallest absolute Gasteiger partial charge is 0.122 e. The third-order valence-corrected chi connectivity index (χ3v) is 4.38. The Balaban J connectivity index is 2.51. The summed E-state index contributed by atoms with van der Waals surface area (Å²) in [6.07, 6.45) is -0.663. The number of aliphatic hydroxyl groups is 1. The lowest BCUT2D eigenvalue weighted by Crippen LogP contribution is -2.08. The molecule has 0 saturated heterocycles. The van der Waals surface area contributed by atoms with Crippen LogP contribution in [0.15, 0.2) is 30.3 Å². The fourth-order valence-corrected chi connectivity index (χ4v) is 3.16. The highest BCUT2D eigenvalue weighted by atomic mass is 16.5. The van der Waals surface area contributed by atoms with Gasteiger partial charge in [0.15, 0.2) is 0 Å². The topological polar surface area (TPSA) is 38.7 Å². The SMILES string of the molecule is COc1ccc(C(O)c2ccc(OC)c(C(C)C)c2C)c(C)c1. The van der Waals surface area contributed by atoms with Crippen LogP contribution in [-0.2, 0) is 0 Å². The molecule has 0 fully saturated rings. The summed E-state index contributed by atoms with van der Waals surface area (Å²) in [6.45, 7) is 8.32. The molecule has 23 heavy (non-hydrogen) atoms. The van der Waals surface area contributed by atoms with E-state index < -0.39 is 6.10 Å². The van der Waals surface area contributed by atoms with Crippen LogP contribution in [-0.4, -0.2) is 19.3 Å². The van der Waals surface area contributed by atoms with Gasteiger partial charge in [-0.05, 0) is 65.8 Å². The minimum absolute atomic E-state index is 0.328. The van der Waals surface area contributed by atoms with Crippen molar-refractivity contribution in [2.75, 3.05) is 14.2 Å². The Bertz CT molecular complexity index is 690. The summed E-state index contributed by atoms with van der Waals surface area (Å²) >= 11 is 0. The Kier molecular flexibility index (Phi) is 5.32. The van der Waals surface area contributed by atoms with Gasteiger partial charge < -0.3 is 14.6 Å². The van der Waals surface area contributed by atoms with Crippen molar-refractivity contribution in [1.82, 2.24) is 0 Å². The van der Waals surface area contributed by atoms with E-state index >= 15 is 0 Å². The molecule has 1 atom stereocenters. The summed E-state index contributed by atoms with van der Waals surface area (Å²) in [5.41, 5.74) is 5.06. The van der Waals surface area contributed by atoms with Crippen LogP contribution < -0.4 is 9.47 Å². The summed E-state index contributed by atoms with van der Waals surface area (Å²) in [5.74, 6) is 2.00. The van der Waals surface area contributed by atoms with Crippen molar-refractivity contribution < 1.29 is 14.6 Å². The van der Waals surface area contributed by atoms with Crippen molar-refractivity contribution in [2.45, 2.75) is 39.7 Å². The van der Waals surface area contributed by atoms with Crippen molar-refractivity contribution in [3.63, 3.8) is 0 Å². The number of methoxy groups -OCH3 is 2. The van der Waals surface area contributed by atoms with Crippen molar-refractivity contribution in [3.8, 4) is 11.5 Å². The molecular weight excluding hydrogens is 288 g/mol. The Labute approximate surface area is 138 Å². The van der Waals surface area contributed by atoms with Crippen LogP contribution in [0.2, 0.25) is 0 Å². The van der Waals surface area contributed by atoms with E-state index in [2.05, 4.69) is 20.8 Å². The average Bonchev–Trinajstić information content (AvgIpc) is 2.53. The first-order chi connectivity index (χ1) is 10.9. The molecule has 1 unspecified atom stereocenters. The molecule has 0 aromatic heterocycles. The van der Waals surface area contributed by atoms with Gasteiger partial charge in [0.25, 0.3) is 0 Å². The lowest BCUT2D eigenvalue weighted by Gasteiger charge is -2.22. The maximum absolute atomic E-state index is 10.9. The predicted molar refractivity (Wildman–Crippen MR) is 93.6 cm³/mol. The lowest BCUT2D eigenvalue weighted by atomic mass is 9.88. The van der Waals surface area contributed by atoms with Gasteiger partial charge in [-0.15, -0.1) is 0 Å². The number of hydrogen-bond donors (Lipinski definition) is 1. The first-order valence-corrected chi connectivity index (χ1v) is 7.90. The molecule has 0 radical (unpaired) electrons. The van der Waals surface area contributed by atoms with Gasteiger partial charge in [0, 0.05) is 0 Å². The number of aliphatic hydroxyl groups excluding tert-OH is 1. The number of aryl methyl sites for hydroxylation is 1. The van der Waals surface area contributed by atoms with E-state index in [1.54, 1.807) is 14.2 Å². The molecule has 1 N–H and O–H groups in total. The molecule has 2 rings (SSSR count). The van der Waals surface area contributed by atoms with E-state index in [4.69, 9.17) is 9.47 Å². The Hall–Kier alpha value is -2.00. The predicted octanol–water partition coefficient (Wildman–Crippen LogP) is 4.53. The summed E-state index contributed by atoms with van der Waals surface area (Å²) < 4.78 is 10.7. The summed E-state index contributed by atoms with van der Waals surface area (Å²) in [6, 6.07) is 9.65. The normalized spacial score (nSPS) is 12.3. The minimum Gasteiger partial charge on any atom is -0.497 e. The third kappa shape index (κ3) is 3.35. The number of rotatable bonds is 5. The van der Waals surface area contributed by atoms with E-state index in [9.17, 15) is 5.11 Å². The maximum atomic E-state index is 10.9. The fraction of sp³-hybridized carbons (Fsp3) is 0.400. The monoisotopic (exact) mass is 314 g/mol. The van der Waals surface area contributed by atoms with Crippen molar-refractivity contribution in [2.24, 2.45) is 0 Å². The number of ether oxygens (including phenoxy) is 2. The van der Waals surface area contributed by atoms with Crippen LogP contribution in [0.4, 0.5) is 0 Å². The lowest BCUT2D eigenvalue weighted by molar-refractivity contribution is 0.218. The highest BCUT2D eigenvalue weighted by Crippen LogP contribution is 2.36. The highest BCUT2D eigenvalue weighted by Gasteiger charge is 2.20. The van der Waals surface area contributed by atoms with Gasteiger partial charge >= 0.3 is 0 Å². The molecule has 124 valence electrons. The van der Waals surface area contributed by atoms with Crippen LogP contribution in [0, 0.1) is 13.8 Å². The van der Waals surface area contributed by atoms with Gasteiger partial charge in [-0.3, -0.25) is 0 Å². The van der Waals surface area contributed by atoms with Gasteiger partial charge in [-0.2, -0.15) is 0 Å². The second kappa shape index (κ2) is 7.05. The number of benzene rings is 2. The number of hydrogen-bond acceptors (Lipinski definition) is 3. The fourth-order valence-electron chi connectivity index (χ4n) is 3.16. The van der Waals surface area contributed by atoms with Crippen LogP contribution in [0.5, 0.6) is 11.5 Å². The minimum atomic E-state index is -0.663. The molecule has 0 bridgehead atoms. The van der Waals surface area contributed by atoms with Crippen molar-refractivity contribution in [1.29, 1.82) is 0 Å². The Morgan fingerprint density at radius 1 is 0.913 bits per heavy atom. The largest absolute Gasteiger partial charge is 0.497 e. The molecular formula is C20H26O3. The molecule has 0 amide bonds. The molecule has 3 nitrogen and oxygen atoms in total. The zero-order chi connectivity index (χ0) is 17.1. The van der Waals surface area contributed by atoms with E-state index in [-0.39, 0.29) is 0 Å². The molecule has 0 aliphatic heterocycles. The van der Waals surface area contributed by atoms with Crippen LogP contribution >= 0.6 is 0 Å². The molecule has 3 heteroatoms. The van der Waals surface area contributed by atoms with E-state index in [0.29, 0.717) is 5.92 Å². The van der Waals surface area contributed by atoms with E-state index in [1.807, 2.05) is 37.3 Å². The van der Waals surface area contributed by atoms with E-state index in [0.717, 1.165) is 39.3 Å². The van der Waals surface area contributed by atoms with Gasteiger partial charge in [0.05, 0.1) is 14.2 Å². The van der Waals surface area contributed by atoms with Crippen LogP contribution in [0.1, 0.15) is 53.7 Å². The quantitative estimate of drug-likeness (QED) is 0.881. The summed E-state index contributed by atoms with van der Waals surface area (Å²) in [4.78, 5) is 0. The molecule has 2 aromatic carbocycles. The molecule has 0 spiro atoms. The van der Waals surface area contributed by atoms with Crippen molar-refractivity contribution >= 4 is 0 Å². The zero-order valence-corrected chi connectivity index (χ0v) is 14.8. The van der Waals surface area contributed by atoms with Crippen LogP contribution in [0.3, 0.4) is 0 Å². The maximum Gasteiger partial charge on any atom is 0.122 e. The average molecular weight is 314 g/mol. The standard InChI is InChI=1S/C20H26O3/c1-12(2)19-14(4)17(9-10-18(19)23-6)20(21)16-8-7-15(22-5)11-13(16)3/h7-12,20-21H,1-6H3. The molecule has 0 aliphatic rings. The zero-order valence-electron chi connectivity index (χ0n) is 14.8. The second-order valence-electron chi connectivity index (χ2n) is 6.18. The highest BCUT2D eigenvalue weighted by molar-refractivity contribution is 5.50. The molecule has 2 aromatic rings. The first kappa shape index (κ1) is 17.4. The summed E-state index contributed by atoms with van der Waals surface area (Å²) in [7, 11) is 3.33. The van der Waals surface area contributed by atoms with Gasteiger partial charge in [0.1, 0.15) is 17.6 Å². The van der Waals surface area contributed by atoms with Gasteiger partial charge in [-0.25, -0.2) is 0 Å². The third-order valence-electron chi connectivity index (χ3n) is 4.38. The van der Waals surface area contributed by atoms with E-state index in [1.165, 1.54) is 0 Å². The van der Waals surface area contributed by atoms with Crippen LogP contribution in [0.25, 0.3) is 0 Å². The molecule has 0 aliphatic carbocycles. The Morgan fingerprint density at radius 2 is 1.57 bits per heavy atom. The van der Waals surface area contributed by atoms with Gasteiger partial charge in [-0.1, -0.05) is 26.0 Å². The van der Waals surface area contributed by atoms with Crippen molar-refractivity contribution in [3.05, 3.63) is 58.1 Å². The Morgan fingerprint density at radius 3 is 2.09 bits per heavy atom. The second-order valence-corrected chi connectivity index (χ2v) is 6.18. The molecule has 0 saturated carbocycles.